The van der Waals surface area contributed by atoms with E-state index in [-0.39, 0.29) is 5.82 Å². The van der Waals surface area contributed by atoms with Crippen LogP contribution in [0.2, 0.25) is 5.02 Å². The van der Waals surface area contributed by atoms with Crippen LogP contribution in [0.3, 0.4) is 0 Å². The average Bonchev–Trinajstić information content (AvgIpc) is 2.44. The maximum absolute atomic E-state index is 13.1. The van der Waals surface area contributed by atoms with Crippen LogP contribution in [-0.2, 0) is 6.54 Å². The maximum Gasteiger partial charge on any atom is 0.238 e. The normalized spacial score (nSPS) is 10.7. The highest BCUT2D eigenvalue weighted by atomic mass is 35.5. The number of nitrogens with zero attached hydrogens (tertiary/aromatic N) is 1. The third kappa shape index (κ3) is 4.41. The highest BCUT2D eigenvalue weighted by Crippen LogP contribution is 2.29. The lowest BCUT2D eigenvalue weighted by Crippen LogP contribution is -2.13. The van der Waals surface area contributed by atoms with Crippen LogP contribution < -0.4 is 10.1 Å². The van der Waals surface area contributed by atoms with E-state index in [1.807, 2.05) is 6.07 Å². The van der Waals surface area contributed by atoms with Crippen molar-refractivity contribution in [3.63, 3.8) is 0 Å². The number of aromatic nitrogens is 1. The van der Waals surface area contributed by atoms with Crippen LogP contribution in [-0.4, -0.2) is 11.5 Å². The van der Waals surface area contributed by atoms with Crippen molar-refractivity contribution in [2.24, 2.45) is 0 Å². The number of halogens is 2. The van der Waals surface area contributed by atoms with Crippen molar-refractivity contribution in [2.75, 3.05) is 6.54 Å². The van der Waals surface area contributed by atoms with Crippen molar-refractivity contribution < 1.29 is 9.13 Å². The third-order valence-corrected chi connectivity index (χ3v) is 3.23. The van der Waals surface area contributed by atoms with Gasteiger partial charge in [0, 0.05) is 12.7 Å². The fraction of sp³-hybridized carbons (Fsp3) is 0.312. The lowest BCUT2D eigenvalue weighted by Gasteiger charge is -2.10. The minimum Gasteiger partial charge on any atom is -0.437 e. The number of rotatable bonds is 6. The molecule has 0 aliphatic rings. The second kappa shape index (κ2) is 7.38. The first-order valence-corrected chi connectivity index (χ1v) is 7.27. The maximum atomic E-state index is 13.1. The molecule has 0 radical (unpaired) electrons. The summed E-state index contributed by atoms with van der Waals surface area (Å²) in [6.07, 6.45) is 2.80. The van der Waals surface area contributed by atoms with Gasteiger partial charge in [-0.3, -0.25) is 0 Å². The molecule has 0 unspecified atom stereocenters. The zero-order valence-electron chi connectivity index (χ0n) is 12.1. The standard InChI is InChI=1S/C16H18ClFN2O/c1-3-6-19-9-12-8-14(17)16(20-10-12)21-15-5-4-13(18)7-11(15)2/h4-5,7-8,10,19H,3,6,9H2,1-2H3. The molecule has 1 heterocycles. The smallest absolute Gasteiger partial charge is 0.238 e. The van der Waals surface area contributed by atoms with E-state index in [4.69, 9.17) is 16.3 Å². The molecule has 2 rings (SSSR count). The Morgan fingerprint density at radius 1 is 1.33 bits per heavy atom. The summed E-state index contributed by atoms with van der Waals surface area (Å²) in [4.78, 5) is 4.23. The van der Waals surface area contributed by atoms with E-state index in [0.29, 0.717) is 22.2 Å². The lowest BCUT2D eigenvalue weighted by atomic mass is 10.2. The fourth-order valence-corrected chi connectivity index (χ4v) is 2.11. The summed E-state index contributed by atoms with van der Waals surface area (Å²) in [5.74, 6) is 0.574. The van der Waals surface area contributed by atoms with Crippen molar-refractivity contribution >= 4 is 11.6 Å². The van der Waals surface area contributed by atoms with Gasteiger partial charge < -0.3 is 10.1 Å². The van der Waals surface area contributed by atoms with Crippen LogP contribution in [0.5, 0.6) is 11.6 Å². The highest BCUT2D eigenvalue weighted by Gasteiger charge is 2.08. The molecule has 0 fully saturated rings. The Kier molecular flexibility index (Phi) is 5.53. The van der Waals surface area contributed by atoms with Gasteiger partial charge in [0.25, 0.3) is 0 Å². The number of aryl methyl sites for hydroxylation is 1. The van der Waals surface area contributed by atoms with Crippen molar-refractivity contribution in [2.45, 2.75) is 26.8 Å². The number of nitrogens with one attached hydrogen (secondary N) is 1. The van der Waals surface area contributed by atoms with Crippen molar-refractivity contribution in [1.29, 1.82) is 0 Å². The zero-order chi connectivity index (χ0) is 15.2. The molecule has 1 aromatic carbocycles. The second-order valence-electron chi connectivity index (χ2n) is 4.82. The van der Waals surface area contributed by atoms with Crippen molar-refractivity contribution in [3.8, 4) is 11.6 Å². The Morgan fingerprint density at radius 3 is 2.81 bits per heavy atom. The Bertz CT molecular complexity index is 619. The van der Waals surface area contributed by atoms with Crippen LogP contribution in [0.1, 0.15) is 24.5 Å². The van der Waals surface area contributed by atoms with Crippen LogP contribution in [0.25, 0.3) is 0 Å². The Morgan fingerprint density at radius 2 is 2.14 bits per heavy atom. The molecule has 3 nitrogen and oxygen atoms in total. The van der Waals surface area contributed by atoms with Crippen LogP contribution >= 0.6 is 11.6 Å². The van der Waals surface area contributed by atoms with Gasteiger partial charge in [-0.25, -0.2) is 9.37 Å². The molecule has 0 saturated carbocycles. The minimum absolute atomic E-state index is 0.295. The summed E-state index contributed by atoms with van der Waals surface area (Å²) in [5.41, 5.74) is 1.69. The first-order valence-electron chi connectivity index (χ1n) is 6.89. The van der Waals surface area contributed by atoms with Gasteiger partial charge in [0.2, 0.25) is 5.88 Å². The summed E-state index contributed by atoms with van der Waals surface area (Å²) in [6, 6.07) is 6.15. The number of ether oxygens (including phenoxy) is 1. The molecule has 0 saturated heterocycles. The van der Waals surface area contributed by atoms with Crippen molar-refractivity contribution in [3.05, 3.63) is 52.4 Å². The van der Waals surface area contributed by atoms with Crippen molar-refractivity contribution in [1.82, 2.24) is 10.3 Å². The molecule has 21 heavy (non-hydrogen) atoms. The van der Waals surface area contributed by atoms with Gasteiger partial charge in [0.1, 0.15) is 16.6 Å². The Hall–Kier alpha value is -1.65. The van der Waals surface area contributed by atoms with Crippen LogP contribution in [0.15, 0.2) is 30.5 Å². The predicted octanol–water partition coefficient (Wildman–Crippen LogP) is 4.47. The monoisotopic (exact) mass is 308 g/mol. The van der Waals surface area contributed by atoms with Gasteiger partial charge >= 0.3 is 0 Å². The Labute approximate surface area is 129 Å². The molecule has 0 aliphatic heterocycles. The summed E-state index contributed by atoms with van der Waals surface area (Å²) in [5, 5.41) is 3.72. The summed E-state index contributed by atoms with van der Waals surface area (Å²) in [6.45, 7) is 5.55. The molecular weight excluding hydrogens is 291 g/mol. The summed E-state index contributed by atoms with van der Waals surface area (Å²) in [7, 11) is 0. The number of hydrogen-bond donors (Lipinski definition) is 1. The third-order valence-electron chi connectivity index (χ3n) is 2.96. The van der Waals surface area contributed by atoms with Gasteiger partial charge in [0.15, 0.2) is 0 Å². The molecule has 0 aliphatic carbocycles. The second-order valence-corrected chi connectivity index (χ2v) is 5.23. The summed E-state index contributed by atoms with van der Waals surface area (Å²) < 4.78 is 18.7. The van der Waals surface area contributed by atoms with E-state index in [2.05, 4.69) is 17.2 Å². The van der Waals surface area contributed by atoms with Gasteiger partial charge in [-0.2, -0.15) is 0 Å². The predicted molar refractivity (Wildman–Crippen MR) is 82.5 cm³/mol. The molecule has 2 aromatic rings. The molecule has 0 amide bonds. The van der Waals surface area contributed by atoms with E-state index < -0.39 is 0 Å². The first kappa shape index (κ1) is 15.7. The van der Waals surface area contributed by atoms with E-state index in [0.717, 1.165) is 25.1 Å². The van der Waals surface area contributed by atoms with Gasteiger partial charge in [-0.15, -0.1) is 0 Å². The Balaban J connectivity index is 2.10. The highest BCUT2D eigenvalue weighted by molar-refractivity contribution is 6.31. The molecule has 1 N–H and O–H groups in total. The van der Waals surface area contributed by atoms with E-state index in [1.165, 1.54) is 12.1 Å². The number of pyridine rings is 1. The number of benzene rings is 1. The van der Waals surface area contributed by atoms with Gasteiger partial charge in [0.05, 0.1) is 0 Å². The molecule has 112 valence electrons. The average molecular weight is 309 g/mol. The quantitative estimate of drug-likeness (QED) is 0.799. The SMILES string of the molecule is CCCNCc1cnc(Oc2ccc(F)cc2C)c(Cl)c1. The topological polar surface area (TPSA) is 34.2 Å². The summed E-state index contributed by atoms with van der Waals surface area (Å²) >= 11 is 6.19. The molecule has 0 spiro atoms. The largest absolute Gasteiger partial charge is 0.437 e. The van der Waals surface area contributed by atoms with E-state index in [9.17, 15) is 4.39 Å². The molecule has 1 aromatic heterocycles. The number of hydrogen-bond acceptors (Lipinski definition) is 3. The fourth-order valence-electron chi connectivity index (χ4n) is 1.88. The van der Waals surface area contributed by atoms with Gasteiger partial charge in [-0.1, -0.05) is 18.5 Å². The molecule has 0 atom stereocenters. The van der Waals surface area contributed by atoms with Gasteiger partial charge in [-0.05, 0) is 55.3 Å². The van der Waals surface area contributed by atoms with E-state index in [1.54, 1.807) is 19.2 Å². The molecule has 5 heteroatoms. The first-order chi connectivity index (χ1) is 10.1. The van der Waals surface area contributed by atoms with E-state index >= 15 is 0 Å². The zero-order valence-corrected chi connectivity index (χ0v) is 12.9. The van der Waals surface area contributed by atoms with Crippen LogP contribution in [0.4, 0.5) is 4.39 Å². The lowest BCUT2D eigenvalue weighted by molar-refractivity contribution is 0.457. The molecular formula is C16H18ClFN2O. The van der Waals surface area contributed by atoms with Crippen LogP contribution in [0, 0.1) is 12.7 Å². The molecule has 0 bridgehead atoms. The minimum atomic E-state index is -0.295.